The average Bonchev–Trinajstić information content (AvgIpc) is 3.11. The van der Waals surface area contributed by atoms with E-state index in [1.807, 2.05) is 6.07 Å². The van der Waals surface area contributed by atoms with Crippen molar-refractivity contribution in [2.45, 2.75) is 11.8 Å². The molecule has 0 unspecified atom stereocenters. The number of fused-ring (bicyclic) bond motifs is 6. The Morgan fingerprint density at radius 1 is 0.711 bits per heavy atom. The summed E-state index contributed by atoms with van der Waals surface area (Å²) in [7, 11) is 0. The van der Waals surface area contributed by atoms with E-state index in [2.05, 4.69) is 118 Å². The number of aromatic nitrogens is 2. The van der Waals surface area contributed by atoms with Crippen molar-refractivity contribution in [2.75, 3.05) is 46.0 Å². The predicted molar refractivity (Wildman–Crippen MR) is 169 cm³/mol. The maximum atomic E-state index is 5.09. The van der Waals surface area contributed by atoms with Gasteiger partial charge in [0.1, 0.15) is 0 Å². The number of hydrogen-bond acceptors (Lipinski definition) is 5. The first-order valence-corrected chi connectivity index (χ1v) is 17.6. The van der Waals surface area contributed by atoms with Crippen molar-refractivity contribution in [3.05, 3.63) is 84.1 Å². The second-order valence-corrected chi connectivity index (χ2v) is 14.4. The van der Waals surface area contributed by atoms with Gasteiger partial charge in [0.05, 0.1) is 11.3 Å². The number of nitrogens with zero attached hydrogens (tertiary/aromatic N) is 2. The zero-order chi connectivity index (χ0) is 24.6. The van der Waals surface area contributed by atoms with Crippen molar-refractivity contribution in [3.63, 3.8) is 0 Å². The van der Waals surface area contributed by atoms with Gasteiger partial charge in [0, 0.05) is 95.2 Å². The van der Waals surface area contributed by atoms with Crippen LogP contribution in [0.1, 0.15) is 23.0 Å². The van der Waals surface area contributed by atoms with Gasteiger partial charge in [0.15, 0.2) is 0 Å². The second-order valence-electron chi connectivity index (χ2n) is 9.78. The molecule has 38 heavy (non-hydrogen) atoms. The van der Waals surface area contributed by atoms with Gasteiger partial charge in [-0.05, 0) is 22.6 Å². The van der Waals surface area contributed by atoms with Crippen molar-refractivity contribution in [1.82, 2.24) is 9.38 Å². The Kier molecular flexibility index (Phi) is 8.70. The SMILES string of the molecule is [Ir].[c-]1cccc2c1c1ncc(-c3c(C4CSCCSC4)cccc3C3CSCCSC3)n1c1ccccc21. The monoisotopic (exact) mass is 750 g/mol. The van der Waals surface area contributed by atoms with E-state index in [0.717, 1.165) is 11.0 Å². The molecule has 0 spiro atoms. The summed E-state index contributed by atoms with van der Waals surface area (Å²) in [6.45, 7) is 0. The van der Waals surface area contributed by atoms with E-state index in [0.29, 0.717) is 11.8 Å². The first-order valence-electron chi connectivity index (χ1n) is 13.0. The number of benzene rings is 3. The number of rotatable bonds is 3. The fourth-order valence-corrected chi connectivity index (χ4v) is 11.0. The van der Waals surface area contributed by atoms with Gasteiger partial charge >= 0.3 is 0 Å². The maximum Gasteiger partial charge on any atom is 0.0639 e. The van der Waals surface area contributed by atoms with Crippen LogP contribution in [-0.4, -0.2) is 55.4 Å². The van der Waals surface area contributed by atoms with Crippen molar-refractivity contribution in [2.24, 2.45) is 0 Å². The van der Waals surface area contributed by atoms with E-state index in [4.69, 9.17) is 4.98 Å². The van der Waals surface area contributed by atoms with E-state index in [1.165, 1.54) is 84.7 Å². The van der Waals surface area contributed by atoms with Crippen LogP contribution in [0.4, 0.5) is 0 Å². The minimum Gasteiger partial charge on any atom is -0.333 e. The fraction of sp³-hybridized carbons (Fsp3) is 0.323. The van der Waals surface area contributed by atoms with Crippen molar-refractivity contribution < 1.29 is 20.1 Å². The first kappa shape index (κ1) is 27.1. The molecule has 2 fully saturated rings. The van der Waals surface area contributed by atoms with Crippen molar-refractivity contribution in [1.29, 1.82) is 0 Å². The number of hydrogen-bond donors (Lipinski definition) is 0. The molecule has 2 aromatic heterocycles. The van der Waals surface area contributed by atoms with E-state index < -0.39 is 0 Å². The van der Waals surface area contributed by atoms with Crippen molar-refractivity contribution >= 4 is 74.4 Å². The summed E-state index contributed by atoms with van der Waals surface area (Å²) in [5.74, 6) is 10.9. The molecule has 7 rings (SSSR count). The molecule has 1 radical (unpaired) electrons. The van der Waals surface area contributed by atoms with Crippen LogP contribution in [0, 0.1) is 6.07 Å². The summed E-state index contributed by atoms with van der Waals surface area (Å²) in [5.41, 5.74) is 7.96. The molecule has 2 aliphatic rings. The standard InChI is InChI=1S/C31H29N2S4.Ir/c1-2-8-27-25(6-1)26-7-3-4-11-28(26)33-29(16-32-31(27)33)30-23(21-17-34-12-13-35-18-21)9-5-10-24(30)22-19-36-14-15-37-20-22;/h1-7,9-11,16,21-22H,12-15,17-20H2;/q-1;. The zero-order valence-electron chi connectivity index (χ0n) is 21.0. The van der Waals surface area contributed by atoms with Gasteiger partial charge in [-0.2, -0.15) is 47.0 Å². The van der Waals surface area contributed by atoms with Gasteiger partial charge in [0.25, 0.3) is 0 Å². The zero-order valence-corrected chi connectivity index (χ0v) is 26.7. The quantitative estimate of drug-likeness (QED) is 0.136. The molecular formula is C31H29IrN2S4-. The first-order chi connectivity index (χ1) is 18.4. The molecule has 0 atom stereocenters. The number of imidazole rings is 1. The van der Waals surface area contributed by atoms with Crippen LogP contribution in [0.5, 0.6) is 0 Å². The summed E-state index contributed by atoms with van der Waals surface area (Å²) in [6, 6.07) is 25.8. The van der Waals surface area contributed by atoms with Crippen LogP contribution in [0.25, 0.3) is 38.6 Å². The molecule has 2 aliphatic heterocycles. The number of pyridine rings is 1. The summed E-state index contributed by atoms with van der Waals surface area (Å²) >= 11 is 8.48. The molecule has 197 valence electrons. The fourth-order valence-electron chi connectivity index (χ4n) is 5.85. The van der Waals surface area contributed by atoms with Crippen LogP contribution in [0.3, 0.4) is 0 Å². The molecule has 3 aromatic carbocycles. The van der Waals surface area contributed by atoms with Gasteiger partial charge < -0.3 is 4.40 Å². The largest absolute Gasteiger partial charge is 0.333 e. The maximum absolute atomic E-state index is 5.09. The predicted octanol–water partition coefficient (Wildman–Crippen LogP) is 8.23. The van der Waals surface area contributed by atoms with Gasteiger partial charge in [-0.15, -0.1) is 29.7 Å². The molecule has 0 N–H and O–H groups in total. The Bertz CT molecular complexity index is 1530. The summed E-state index contributed by atoms with van der Waals surface area (Å²) < 4.78 is 2.43. The van der Waals surface area contributed by atoms with Crippen molar-refractivity contribution in [3.8, 4) is 11.3 Å². The number of para-hydroxylation sites is 1. The minimum absolute atomic E-state index is 0. The molecule has 4 heterocycles. The molecule has 2 saturated heterocycles. The van der Waals surface area contributed by atoms with E-state index in [9.17, 15) is 0 Å². The normalized spacial score (nSPS) is 17.9. The Balaban J connectivity index is 0.00000264. The minimum atomic E-state index is 0. The molecule has 0 saturated carbocycles. The number of thioether (sulfide) groups is 4. The van der Waals surface area contributed by atoms with Crippen LogP contribution in [0.15, 0.2) is 66.9 Å². The van der Waals surface area contributed by atoms with Crippen LogP contribution < -0.4 is 0 Å². The summed E-state index contributed by atoms with van der Waals surface area (Å²) in [4.78, 5) is 5.09. The topological polar surface area (TPSA) is 17.3 Å². The molecular weight excluding hydrogens is 721 g/mol. The van der Waals surface area contributed by atoms with E-state index in [1.54, 1.807) is 0 Å². The molecule has 0 aliphatic carbocycles. The third-order valence-electron chi connectivity index (χ3n) is 7.56. The Morgan fingerprint density at radius 2 is 1.32 bits per heavy atom. The van der Waals surface area contributed by atoms with E-state index in [-0.39, 0.29) is 20.1 Å². The van der Waals surface area contributed by atoms with Gasteiger partial charge in [-0.3, -0.25) is 4.98 Å². The van der Waals surface area contributed by atoms with E-state index >= 15 is 0 Å². The Labute approximate surface area is 255 Å². The third-order valence-corrected chi connectivity index (χ3v) is 12.6. The van der Waals surface area contributed by atoms with Gasteiger partial charge in [0.2, 0.25) is 0 Å². The smallest absolute Gasteiger partial charge is 0.0639 e. The molecule has 2 nitrogen and oxygen atoms in total. The summed E-state index contributed by atoms with van der Waals surface area (Å²) in [5, 5.41) is 3.60. The Hall–Kier alpha value is -1.08. The van der Waals surface area contributed by atoms with Crippen LogP contribution in [-0.2, 0) is 20.1 Å². The third kappa shape index (κ3) is 4.97. The summed E-state index contributed by atoms with van der Waals surface area (Å²) in [6.07, 6.45) is 2.15. The molecule has 7 heteroatoms. The Morgan fingerprint density at radius 3 is 1.97 bits per heavy atom. The van der Waals surface area contributed by atoms with Gasteiger partial charge in [-0.1, -0.05) is 41.8 Å². The van der Waals surface area contributed by atoms with Crippen LogP contribution >= 0.6 is 47.0 Å². The average molecular weight is 750 g/mol. The molecule has 0 amide bonds. The van der Waals surface area contributed by atoms with Gasteiger partial charge in [-0.25, -0.2) is 0 Å². The van der Waals surface area contributed by atoms with Crippen LogP contribution in [0.2, 0.25) is 0 Å². The molecule has 0 bridgehead atoms. The molecule has 5 aromatic rings. The second kappa shape index (κ2) is 12.2.